The molecule has 1 aromatic carbocycles. The van der Waals surface area contributed by atoms with Crippen molar-refractivity contribution in [2.75, 3.05) is 0 Å². The second-order valence-corrected chi connectivity index (χ2v) is 8.93. The molecule has 1 aliphatic carbocycles. The number of hydrogen-bond acceptors (Lipinski definition) is 3. The average Bonchev–Trinajstić information content (AvgIpc) is 3.09. The monoisotopic (exact) mass is 388 g/mol. The molecule has 2 aromatic rings. The molecular weight excluding hydrogens is 364 g/mol. The molecule has 0 bridgehead atoms. The molecule has 0 radical (unpaired) electrons. The molecule has 1 fully saturated rings. The van der Waals surface area contributed by atoms with E-state index in [4.69, 9.17) is 11.6 Å². The second kappa shape index (κ2) is 8.12. The van der Waals surface area contributed by atoms with Crippen molar-refractivity contribution in [3.63, 3.8) is 0 Å². The standard InChI is InChI=1S/C21H25ClN2OS/c22-18-10-6-5-7-15(18)12-23-21(25)19-11-16-13-24(14-20(16)26-19)17-8-3-1-2-4-9-17/h5-7,10-11,17H,1-4,8-9,12-14H2,(H,23,25). The minimum absolute atomic E-state index is 0.00494. The summed E-state index contributed by atoms with van der Waals surface area (Å²) in [5, 5.41) is 3.70. The van der Waals surface area contributed by atoms with E-state index in [9.17, 15) is 4.79 Å². The van der Waals surface area contributed by atoms with E-state index in [0.29, 0.717) is 11.6 Å². The van der Waals surface area contributed by atoms with Gasteiger partial charge in [-0.05, 0) is 36.1 Å². The smallest absolute Gasteiger partial charge is 0.261 e. The highest BCUT2D eigenvalue weighted by molar-refractivity contribution is 7.14. The first-order valence-electron chi connectivity index (χ1n) is 9.58. The van der Waals surface area contributed by atoms with Gasteiger partial charge in [-0.15, -0.1) is 11.3 Å². The number of fused-ring (bicyclic) bond motifs is 1. The summed E-state index contributed by atoms with van der Waals surface area (Å²) in [5.41, 5.74) is 2.30. The van der Waals surface area contributed by atoms with E-state index in [1.165, 1.54) is 49.0 Å². The van der Waals surface area contributed by atoms with E-state index < -0.39 is 0 Å². The van der Waals surface area contributed by atoms with Crippen LogP contribution in [0, 0.1) is 0 Å². The van der Waals surface area contributed by atoms with Gasteiger partial charge in [-0.25, -0.2) is 0 Å². The predicted molar refractivity (Wildman–Crippen MR) is 108 cm³/mol. The van der Waals surface area contributed by atoms with Gasteiger partial charge in [0.25, 0.3) is 5.91 Å². The number of nitrogens with zero attached hydrogens (tertiary/aromatic N) is 1. The Bertz CT molecular complexity index is 757. The molecule has 1 amide bonds. The predicted octanol–water partition coefficient (Wildman–Crippen LogP) is 5.37. The first kappa shape index (κ1) is 18.0. The highest BCUT2D eigenvalue weighted by Gasteiger charge is 2.29. The summed E-state index contributed by atoms with van der Waals surface area (Å²) in [6.07, 6.45) is 8.18. The Morgan fingerprint density at radius 2 is 1.92 bits per heavy atom. The molecule has 5 heteroatoms. The van der Waals surface area contributed by atoms with Gasteiger partial charge in [0.15, 0.2) is 0 Å². The van der Waals surface area contributed by atoms with Gasteiger partial charge in [0.05, 0.1) is 4.88 Å². The van der Waals surface area contributed by atoms with Gasteiger partial charge in [0.2, 0.25) is 0 Å². The SMILES string of the molecule is O=C(NCc1ccccc1Cl)c1cc2c(s1)CN(C1CCCCCC1)C2. The molecule has 4 rings (SSSR count). The summed E-state index contributed by atoms with van der Waals surface area (Å²) in [6, 6.07) is 10.5. The van der Waals surface area contributed by atoms with Crippen LogP contribution in [0.3, 0.4) is 0 Å². The molecule has 0 atom stereocenters. The summed E-state index contributed by atoms with van der Waals surface area (Å²) >= 11 is 7.82. The molecule has 1 aromatic heterocycles. The van der Waals surface area contributed by atoms with Crippen LogP contribution in [-0.4, -0.2) is 16.8 Å². The fourth-order valence-electron chi connectivity index (χ4n) is 4.09. The second-order valence-electron chi connectivity index (χ2n) is 7.38. The molecule has 1 saturated carbocycles. The number of halogens is 1. The van der Waals surface area contributed by atoms with Gasteiger partial charge in [-0.1, -0.05) is 55.5 Å². The van der Waals surface area contributed by atoms with E-state index in [1.807, 2.05) is 24.3 Å². The van der Waals surface area contributed by atoms with E-state index >= 15 is 0 Å². The number of carbonyl (C=O) groups is 1. The third-order valence-corrected chi connectivity index (χ3v) is 7.11. The zero-order chi connectivity index (χ0) is 17.9. The Morgan fingerprint density at radius 3 is 2.65 bits per heavy atom. The van der Waals surface area contributed by atoms with Crippen molar-refractivity contribution in [3.05, 3.63) is 56.2 Å². The van der Waals surface area contributed by atoms with E-state index in [1.54, 1.807) is 11.3 Å². The van der Waals surface area contributed by atoms with Crippen molar-refractivity contribution >= 4 is 28.8 Å². The molecular formula is C21H25ClN2OS. The van der Waals surface area contributed by atoms with Crippen LogP contribution in [0.15, 0.2) is 30.3 Å². The van der Waals surface area contributed by atoms with Gasteiger partial charge in [-0.2, -0.15) is 0 Å². The largest absolute Gasteiger partial charge is 0.347 e. The molecule has 26 heavy (non-hydrogen) atoms. The van der Waals surface area contributed by atoms with Crippen molar-refractivity contribution in [1.82, 2.24) is 10.2 Å². The summed E-state index contributed by atoms with van der Waals surface area (Å²) in [5.74, 6) is 0.00494. The zero-order valence-electron chi connectivity index (χ0n) is 15.0. The fourth-order valence-corrected chi connectivity index (χ4v) is 5.41. The highest BCUT2D eigenvalue weighted by atomic mass is 35.5. The number of rotatable bonds is 4. The van der Waals surface area contributed by atoms with Gasteiger partial charge in [0, 0.05) is 35.6 Å². The number of amides is 1. The molecule has 0 unspecified atom stereocenters. The quantitative estimate of drug-likeness (QED) is 0.714. The van der Waals surface area contributed by atoms with Crippen LogP contribution in [0.2, 0.25) is 5.02 Å². The minimum atomic E-state index is 0.00494. The van der Waals surface area contributed by atoms with Crippen LogP contribution in [0.5, 0.6) is 0 Å². The lowest BCUT2D eigenvalue weighted by molar-refractivity contribution is 0.0954. The van der Waals surface area contributed by atoms with Gasteiger partial charge in [0.1, 0.15) is 0 Å². The number of carbonyl (C=O) groups excluding carboxylic acids is 1. The summed E-state index contributed by atoms with van der Waals surface area (Å²) < 4.78 is 0. The minimum Gasteiger partial charge on any atom is -0.347 e. The maximum atomic E-state index is 12.5. The highest BCUT2D eigenvalue weighted by Crippen LogP contribution is 2.35. The lowest BCUT2D eigenvalue weighted by atomic mass is 10.1. The van der Waals surface area contributed by atoms with Crippen LogP contribution >= 0.6 is 22.9 Å². The molecule has 1 N–H and O–H groups in total. The lowest BCUT2D eigenvalue weighted by Gasteiger charge is -2.26. The van der Waals surface area contributed by atoms with Crippen molar-refractivity contribution in [2.45, 2.75) is 64.2 Å². The number of benzene rings is 1. The average molecular weight is 389 g/mol. The van der Waals surface area contributed by atoms with Crippen molar-refractivity contribution in [2.24, 2.45) is 0 Å². The normalized spacial score (nSPS) is 18.5. The molecule has 2 aliphatic rings. The maximum Gasteiger partial charge on any atom is 0.261 e. The summed E-state index contributed by atoms with van der Waals surface area (Å²) in [7, 11) is 0. The fraction of sp³-hybridized carbons (Fsp3) is 0.476. The third kappa shape index (κ3) is 3.98. The first-order chi connectivity index (χ1) is 12.7. The van der Waals surface area contributed by atoms with E-state index in [-0.39, 0.29) is 5.91 Å². The number of nitrogens with one attached hydrogen (secondary N) is 1. The van der Waals surface area contributed by atoms with Crippen LogP contribution in [-0.2, 0) is 19.6 Å². The lowest BCUT2D eigenvalue weighted by Crippen LogP contribution is -2.30. The molecule has 0 spiro atoms. The Hall–Kier alpha value is -1.36. The Morgan fingerprint density at radius 1 is 1.15 bits per heavy atom. The number of thiophene rings is 1. The van der Waals surface area contributed by atoms with Crippen LogP contribution < -0.4 is 5.32 Å². The number of hydrogen-bond donors (Lipinski definition) is 1. The van der Waals surface area contributed by atoms with Crippen molar-refractivity contribution < 1.29 is 4.79 Å². The zero-order valence-corrected chi connectivity index (χ0v) is 16.5. The van der Waals surface area contributed by atoms with Crippen molar-refractivity contribution in [1.29, 1.82) is 0 Å². The summed E-state index contributed by atoms with van der Waals surface area (Å²) in [6.45, 7) is 2.49. The molecule has 2 heterocycles. The van der Waals surface area contributed by atoms with Crippen molar-refractivity contribution in [3.8, 4) is 0 Å². The Labute approximate surface area is 164 Å². The molecule has 1 aliphatic heterocycles. The topological polar surface area (TPSA) is 32.3 Å². The Balaban J connectivity index is 1.35. The summed E-state index contributed by atoms with van der Waals surface area (Å²) in [4.78, 5) is 17.3. The van der Waals surface area contributed by atoms with Gasteiger partial charge in [-0.3, -0.25) is 9.69 Å². The third-order valence-electron chi connectivity index (χ3n) is 5.58. The van der Waals surface area contributed by atoms with Crippen LogP contribution in [0.4, 0.5) is 0 Å². The van der Waals surface area contributed by atoms with Crippen LogP contribution in [0.1, 0.15) is 64.2 Å². The van der Waals surface area contributed by atoms with Gasteiger partial charge < -0.3 is 5.32 Å². The first-order valence-corrected chi connectivity index (χ1v) is 10.8. The molecule has 3 nitrogen and oxygen atoms in total. The van der Waals surface area contributed by atoms with E-state index in [0.717, 1.165) is 29.6 Å². The molecule has 0 saturated heterocycles. The Kier molecular flexibility index (Phi) is 5.63. The molecule has 138 valence electrons. The van der Waals surface area contributed by atoms with Crippen LogP contribution in [0.25, 0.3) is 0 Å². The van der Waals surface area contributed by atoms with E-state index in [2.05, 4.69) is 16.3 Å². The van der Waals surface area contributed by atoms with Gasteiger partial charge >= 0.3 is 0 Å². The maximum absolute atomic E-state index is 12.5.